The fourth-order valence-corrected chi connectivity index (χ4v) is 3.13. The Hall–Kier alpha value is -1.06. The Morgan fingerprint density at radius 2 is 2.30 bits per heavy atom. The number of rotatable bonds is 6. The number of hydrogen-bond donors (Lipinski definition) is 1. The van der Waals surface area contributed by atoms with Crippen LogP contribution in [-0.4, -0.2) is 38.7 Å². The van der Waals surface area contributed by atoms with E-state index in [1.807, 2.05) is 13.1 Å². The number of hydrogen-bond acceptors (Lipinski definition) is 3. The highest BCUT2D eigenvalue weighted by molar-refractivity contribution is 5.30. The SMILES string of the molecule is CCC1CCCN(CC(NC)c2cccc(OC)c2)C1. The summed E-state index contributed by atoms with van der Waals surface area (Å²) >= 11 is 0. The molecular formula is C17H28N2O. The first-order valence-corrected chi connectivity index (χ1v) is 7.80. The van der Waals surface area contributed by atoms with Crippen LogP contribution in [0.15, 0.2) is 24.3 Å². The maximum atomic E-state index is 5.33. The van der Waals surface area contributed by atoms with E-state index in [9.17, 15) is 0 Å². The Morgan fingerprint density at radius 1 is 1.45 bits per heavy atom. The highest BCUT2D eigenvalue weighted by atomic mass is 16.5. The van der Waals surface area contributed by atoms with E-state index < -0.39 is 0 Å². The first-order valence-electron chi connectivity index (χ1n) is 7.80. The molecule has 0 radical (unpaired) electrons. The van der Waals surface area contributed by atoms with E-state index >= 15 is 0 Å². The first kappa shape index (κ1) is 15.3. The van der Waals surface area contributed by atoms with Gasteiger partial charge in [0.05, 0.1) is 7.11 Å². The van der Waals surface area contributed by atoms with Gasteiger partial charge in [-0.25, -0.2) is 0 Å². The summed E-state index contributed by atoms with van der Waals surface area (Å²) in [6.45, 7) is 5.88. The predicted molar refractivity (Wildman–Crippen MR) is 84.2 cm³/mol. The van der Waals surface area contributed by atoms with E-state index in [0.29, 0.717) is 6.04 Å². The van der Waals surface area contributed by atoms with Gasteiger partial charge in [-0.05, 0) is 50.0 Å². The number of likely N-dealkylation sites (tertiary alicyclic amines) is 1. The molecule has 1 aliphatic heterocycles. The molecule has 0 bridgehead atoms. The summed E-state index contributed by atoms with van der Waals surface area (Å²) in [5.41, 5.74) is 1.31. The molecule has 0 aliphatic carbocycles. The Bertz CT molecular complexity index is 408. The number of nitrogens with one attached hydrogen (secondary N) is 1. The van der Waals surface area contributed by atoms with Gasteiger partial charge in [-0.2, -0.15) is 0 Å². The molecule has 3 heteroatoms. The van der Waals surface area contributed by atoms with Gasteiger partial charge >= 0.3 is 0 Å². The van der Waals surface area contributed by atoms with Gasteiger partial charge < -0.3 is 15.0 Å². The topological polar surface area (TPSA) is 24.5 Å². The zero-order chi connectivity index (χ0) is 14.4. The number of nitrogens with zero attached hydrogens (tertiary/aromatic N) is 1. The molecule has 1 fully saturated rings. The minimum absolute atomic E-state index is 0.376. The van der Waals surface area contributed by atoms with Crippen molar-refractivity contribution in [3.8, 4) is 5.75 Å². The summed E-state index contributed by atoms with van der Waals surface area (Å²) in [7, 11) is 3.77. The number of benzene rings is 1. The van der Waals surface area contributed by atoms with Crippen molar-refractivity contribution in [2.75, 3.05) is 33.8 Å². The van der Waals surface area contributed by atoms with Gasteiger partial charge in [-0.1, -0.05) is 25.5 Å². The quantitative estimate of drug-likeness (QED) is 0.864. The molecule has 0 aromatic heterocycles. The molecule has 1 heterocycles. The van der Waals surface area contributed by atoms with Crippen LogP contribution in [0.2, 0.25) is 0 Å². The molecule has 112 valence electrons. The third-order valence-corrected chi connectivity index (χ3v) is 4.47. The van der Waals surface area contributed by atoms with Gasteiger partial charge in [0.1, 0.15) is 5.75 Å². The molecule has 1 aromatic rings. The molecule has 1 aliphatic rings. The van der Waals surface area contributed by atoms with Crippen LogP contribution in [0.4, 0.5) is 0 Å². The molecule has 20 heavy (non-hydrogen) atoms. The summed E-state index contributed by atoms with van der Waals surface area (Å²) in [4.78, 5) is 2.61. The van der Waals surface area contributed by atoms with E-state index in [-0.39, 0.29) is 0 Å². The third-order valence-electron chi connectivity index (χ3n) is 4.47. The number of ether oxygens (including phenoxy) is 1. The van der Waals surface area contributed by atoms with Crippen molar-refractivity contribution in [1.82, 2.24) is 10.2 Å². The highest BCUT2D eigenvalue weighted by Crippen LogP contribution is 2.24. The van der Waals surface area contributed by atoms with Gasteiger partial charge in [-0.15, -0.1) is 0 Å². The zero-order valence-electron chi connectivity index (χ0n) is 13.1. The average molecular weight is 276 g/mol. The van der Waals surface area contributed by atoms with Crippen molar-refractivity contribution < 1.29 is 4.74 Å². The third kappa shape index (κ3) is 3.97. The standard InChI is InChI=1S/C17H28N2O/c1-4-14-7-6-10-19(12-14)13-17(18-2)15-8-5-9-16(11-15)20-3/h5,8-9,11,14,17-18H,4,6-7,10,12-13H2,1-3H3. The van der Waals surface area contributed by atoms with Gasteiger partial charge in [0.25, 0.3) is 0 Å². The molecule has 0 spiro atoms. The lowest BCUT2D eigenvalue weighted by molar-refractivity contribution is 0.158. The summed E-state index contributed by atoms with van der Waals surface area (Å²) in [5.74, 6) is 1.82. The zero-order valence-corrected chi connectivity index (χ0v) is 13.1. The minimum Gasteiger partial charge on any atom is -0.497 e. The average Bonchev–Trinajstić information content (AvgIpc) is 2.52. The molecule has 0 saturated carbocycles. The minimum atomic E-state index is 0.376. The fraction of sp³-hybridized carbons (Fsp3) is 0.647. The number of likely N-dealkylation sites (N-methyl/N-ethyl adjacent to an activating group) is 1. The van der Waals surface area contributed by atoms with Crippen LogP contribution in [0, 0.1) is 5.92 Å². The molecule has 2 unspecified atom stereocenters. The van der Waals surface area contributed by atoms with Crippen LogP contribution in [0.1, 0.15) is 37.8 Å². The van der Waals surface area contributed by atoms with Crippen LogP contribution in [-0.2, 0) is 0 Å². The lowest BCUT2D eigenvalue weighted by Gasteiger charge is -2.34. The second-order valence-electron chi connectivity index (χ2n) is 5.79. The summed E-state index contributed by atoms with van der Waals surface area (Å²) in [6.07, 6.45) is 4.04. The highest BCUT2D eigenvalue weighted by Gasteiger charge is 2.21. The second kappa shape index (κ2) is 7.65. The van der Waals surface area contributed by atoms with E-state index in [4.69, 9.17) is 4.74 Å². The Kier molecular flexibility index (Phi) is 5.86. The molecule has 1 saturated heterocycles. The van der Waals surface area contributed by atoms with Crippen molar-refractivity contribution in [2.24, 2.45) is 5.92 Å². The van der Waals surface area contributed by atoms with Gasteiger partial charge in [0, 0.05) is 19.1 Å². The molecule has 3 nitrogen and oxygen atoms in total. The Labute approximate surface area is 123 Å². The maximum absolute atomic E-state index is 5.33. The van der Waals surface area contributed by atoms with E-state index in [1.165, 1.54) is 37.9 Å². The van der Waals surface area contributed by atoms with E-state index in [2.05, 4.69) is 35.3 Å². The Balaban J connectivity index is 2.00. The summed E-state index contributed by atoms with van der Waals surface area (Å²) in [5, 5.41) is 3.45. The van der Waals surface area contributed by atoms with Crippen molar-refractivity contribution in [3.63, 3.8) is 0 Å². The van der Waals surface area contributed by atoms with Crippen LogP contribution >= 0.6 is 0 Å². The van der Waals surface area contributed by atoms with E-state index in [1.54, 1.807) is 7.11 Å². The number of methoxy groups -OCH3 is 1. The van der Waals surface area contributed by atoms with Crippen molar-refractivity contribution >= 4 is 0 Å². The van der Waals surface area contributed by atoms with E-state index in [0.717, 1.165) is 18.2 Å². The van der Waals surface area contributed by atoms with Gasteiger partial charge in [-0.3, -0.25) is 0 Å². The maximum Gasteiger partial charge on any atom is 0.119 e. The van der Waals surface area contributed by atoms with Crippen molar-refractivity contribution in [2.45, 2.75) is 32.2 Å². The molecule has 2 atom stereocenters. The first-order chi connectivity index (χ1) is 9.76. The normalized spacial score (nSPS) is 21.6. The largest absolute Gasteiger partial charge is 0.497 e. The Morgan fingerprint density at radius 3 is 3.00 bits per heavy atom. The van der Waals surface area contributed by atoms with Gasteiger partial charge in [0.2, 0.25) is 0 Å². The number of piperidine rings is 1. The van der Waals surface area contributed by atoms with Crippen LogP contribution in [0.25, 0.3) is 0 Å². The fourth-order valence-electron chi connectivity index (χ4n) is 3.13. The molecule has 1 N–H and O–H groups in total. The molecule has 1 aromatic carbocycles. The second-order valence-corrected chi connectivity index (χ2v) is 5.79. The summed E-state index contributed by atoms with van der Waals surface area (Å²) in [6, 6.07) is 8.78. The van der Waals surface area contributed by atoms with Crippen LogP contribution in [0.5, 0.6) is 5.75 Å². The van der Waals surface area contributed by atoms with Gasteiger partial charge in [0.15, 0.2) is 0 Å². The summed E-state index contributed by atoms with van der Waals surface area (Å²) < 4.78 is 5.33. The lowest BCUT2D eigenvalue weighted by Crippen LogP contribution is -2.40. The predicted octanol–water partition coefficient (Wildman–Crippen LogP) is 3.08. The monoisotopic (exact) mass is 276 g/mol. The molecule has 0 amide bonds. The lowest BCUT2D eigenvalue weighted by atomic mass is 9.95. The van der Waals surface area contributed by atoms with Crippen LogP contribution < -0.4 is 10.1 Å². The smallest absolute Gasteiger partial charge is 0.119 e. The van der Waals surface area contributed by atoms with Crippen molar-refractivity contribution in [3.05, 3.63) is 29.8 Å². The molecule has 2 rings (SSSR count). The molecular weight excluding hydrogens is 248 g/mol. The van der Waals surface area contributed by atoms with Crippen LogP contribution in [0.3, 0.4) is 0 Å². The van der Waals surface area contributed by atoms with Crippen molar-refractivity contribution in [1.29, 1.82) is 0 Å².